The summed E-state index contributed by atoms with van der Waals surface area (Å²) in [5.74, 6) is 1.44. The minimum Gasteiger partial charge on any atom is -0.493 e. The topological polar surface area (TPSA) is 128 Å². The van der Waals surface area contributed by atoms with E-state index < -0.39 is 12.1 Å². The van der Waals surface area contributed by atoms with Crippen LogP contribution in [0.2, 0.25) is 0 Å². The van der Waals surface area contributed by atoms with E-state index in [1.807, 2.05) is 0 Å². The number of anilines is 1. The number of amides is 3. The Morgan fingerprint density at radius 1 is 1.00 bits per heavy atom. The highest BCUT2D eigenvalue weighted by atomic mass is 16.5. The van der Waals surface area contributed by atoms with Crippen LogP contribution >= 0.6 is 0 Å². The van der Waals surface area contributed by atoms with Crippen molar-refractivity contribution >= 4 is 28.7 Å². The number of rotatable bonds is 4. The van der Waals surface area contributed by atoms with Crippen LogP contribution in [0.15, 0.2) is 36.4 Å². The molecule has 28 heavy (non-hydrogen) atoms. The fraction of sp³-hybridized carbons (Fsp3) is 0.158. The zero-order chi connectivity index (χ0) is 19.8. The molecule has 2 aromatic carbocycles. The lowest BCUT2D eigenvalue weighted by atomic mass is 10.0. The van der Waals surface area contributed by atoms with Gasteiger partial charge in [-0.15, -0.1) is 0 Å². The molecule has 0 saturated carbocycles. The first-order valence-corrected chi connectivity index (χ1v) is 8.41. The van der Waals surface area contributed by atoms with Crippen molar-refractivity contribution in [2.75, 3.05) is 20.0 Å². The highest BCUT2D eigenvalue weighted by Crippen LogP contribution is 2.34. The highest BCUT2D eigenvalue weighted by molar-refractivity contribution is 6.04. The van der Waals surface area contributed by atoms with Crippen LogP contribution in [0.3, 0.4) is 0 Å². The van der Waals surface area contributed by atoms with Gasteiger partial charge >= 0.3 is 6.03 Å². The van der Waals surface area contributed by atoms with Crippen molar-refractivity contribution < 1.29 is 19.1 Å². The summed E-state index contributed by atoms with van der Waals surface area (Å²) in [5, 5.41) is 5.42. The largest absolute Gasteiger partial charge is 0.493 e. The number of carbonyl (C=O) groups excluding carboxylic acids is 2. The van der Waals surface area contributed by atoms with Crippen LogP contribution in [-0.2, 0) is 4.79 Å². The monoisotopic (exact) mass is 379 g/mol. The molecule has 3 aromatic rings. The van der Waals surface area contributed by atoms with Crippen molar-refractivity contribution in [2.45, 2.75) is 6.04 Å². The zero-order valence-corrected chi connectivity index (χ0v) is 15.1. The maximum atomic E-state index is 11.8. The Morgan fingerprint density at radius 2 is 1.68 bits per heavy atom. The predicted octanol–water partition coefficient (Wildman–Crippen LogP) is 1.78. The molecule has 0 bridgehead atoms. The van der Waals surface area contributed by atoms with Gasteiger partial charge in [-0.3, -0.25) is 10.1 Å². The predicted molar refractivity (Wildman–Crippen MR) is 102 cm³/mol. The molecule has 0 spiro atoms. The summed E-state index contributed by atoms with van der Waals surface area (Å²) >= 11 is 0. The Labute approximate surface area is 159 Å². The third-order valence-corrected chi connectivity index (χ3v) is 4.51. The summed E-state index contributed by atoms with van der Waals surface area (Å²) in [6, 6.07) is 9.28. The van der Waals surface area contributed by atoms with Gasteiger partial charge in [0.05, 0.1) is 19.7 Å². The summed E-state index contributed by atoms with van der Waals surface area (Å²) < 4.78 is 10.6. The van der Waals surface area contributed by atoms with Crippen LogP contribution in [-0.4, -0.2) is 36.1 Å². The second kappa shape index (κ2) is 6.69. The van der Waals surface area contributed by atoms with E-state index in [2.05, 4.69) is 20.6 Å². The molecular weight excluding hydrogens is 362 g/mol. The molecule has 4 N–H and O–H groups in total. The highest BCUT2D eigenvalue weighted by Gasteiger charge is 2.30. The van der Waals surface area contributed by atoms with Gasteiger partial charge in [-0.05, 0) is 11.6 Å². The number of fused-ring (bicyclic) bond motifs is 1. The fourth-order valence-corrected chi connectivity index (χ4v) is 3.08. The lowest BCUT2D eigenvalue weighted by Gasteiger charge is -2.12. The van der Waals surface area contributed by atoms with Crippen molar-refractivity contribution in [2.24, 2.45) is 0 Å². The second-order valence-electron chi connectivity index (χ2n) is 6.17. The normalized spacial score (nSPS) is 16.0. The van der Waals surface area contributed by atoms with E-state index in [0.717, 1.165) is 5.56 Å². The van der Waals surface area contributed by atoms with Gasteiger partial charge in [0.15, 0.2) is 17.3 Å². The van der Waals surface area contributed by atoms with Gasteiger partial charge in [0.25, 0.3) is 5.91 Å². The third-order valence-electron chi connectivity index (χ3n) is 4.51. The molecule has 0 radical (unpaired) electrons. The maximum Gasteiger partial charge on any atom is 0.322 e. The SMILES string of the molecule is COc1cc2nc(-c3ccc(C4NC(=O)NC4=O)cc3)nc(N)c2cc1OC. The van der Waals surface area contributed by atoms with Crippen molar-refractivity contribution in [1.29, 1.82) is 0 Å². The minimum absolute atomic E-state index is 0.312. The summed E-state index contributed by atoms with van der Waals surface area (Å²) in [4.78, 5) is 32.0. The minimum atomic E-state index is -0.708. The summed E-state index contributed by atoms with van der Waals surface area (Å²) in [6.07, 6.45) is 0. The van der Waals surface area contributed by atoms with Crippen LogP contribution < -0.4 is 25.8 Å². The zero-order valence-electron chi connectivity index (χ0n) is 15.1. The number of hydrogen-bond donors (Lipinski definition) is 3. The average molecular weight is 379 g/mol. The molecule has 1 aliphatic rings. The van der Waals surface area contributed by atoms with E-state index >= 15 is 0 Å². The number of methoxy groups -OCH3 is 2. The number of nitrogens with zero attached hydrogens (tertiary/aromatic N) is 2. The van der Waals surface area contributed by atoms with E-state index in [4.69, 9.17) is 15.2 Å². The molecule has 1 atom stereocenters. The number of ether oxygens (including phenoxy) is 2. The van der Waals surface area contributed by atoms with E-state index in [1.165, 1.54) is 0 Å². The number of nitrogen functional groups attached to an aromatic ring is 1. The van der Waals surface area contributed by atoms with Crippen LogP contribution in [0.25, 0.3) is 22.3 Å². The molecular formula is C19H17N5O4. The molecule has 3 amide bonds. The smallest absolute Gasteiger partial charge is 0.322 e. The van der Waals surface area contributed by atoms with Crippen molar-refractivity contribution in [1.82, 2.24) is 20.6 Å². The van der Waals surface area contributed by atoms with Gasteiger partial charge in [-0.25, -0.2) is 14.8 Å². The van der Waals surface area contributed by atoms with Gasteiger partial charge in [-0.1, -0.05) is 24.3 Å². The Kier molecular flexibility index (Phi) is 4.19. The molecule has 9 heteroatoms. The molecule has 1 aromatic heterocycles. The number of benzene rings is 2. The number of aromatic nitrogens is 2. The molecule has 1 saturated heterocycles. The molecule has 1 aliphatic heterocycles. The van der Waals surface area contributed by atoms with Gasteiger partial charge < -0.3 is 20.5 Å². The Morgan fingerprint density at radius 3 is 2.29 bits per heavy atom. The van der Waals surface area contributed by atoms with Crippen molar-refractivity contribution in [3.63, 3.8) is 0 Å². The van der Waals surface area contributed by atoms with Gasteiger partial charge in [0.1, 0.15) is 11.9 Å². The summed E-state index contributed by atoms with van der Waals surface area (Å²) in [5.41, 5.74) is 8.12. The average Bonchev–Trinajstić information content (AvgIpc) is 3.05. The molecule has 1 unspecified atom stereocenters. The van der Waals surface area contributed by atoms with Crippen molar-refractivity contribution in [3.05, 3.63) is 42.0 Å². The van der Waals surface area contributed by atoms with E-state index in [-0.39, 0.29) is 5.91 Å². The Bertz CT molecular complexity index is 1100. The van der Waals surface area contributed by atoms with E-state index in [0.29, 0.717) is 39.6 Å². The van der Waals surface area contributed by atoms with E-state index in [9.17, 15) is 9.59 Å². The van der Waals surface area contributed by atoms with Gasteiger partial charge in [0.2, 0.25) is 0 Å². The summed E-state index contributed by atoms with van der Waals surface area (Å²) in [6.45, 7) is 0. The van der Waals surface area contributed by atoms with Gasteiger partial charge in [-0.2, -0.15) is 0 Å². The van der Waals surface area contributed by atoms with E-state index in [1.54, 1.807) is 50.6 Å². The lowest BCUT2D eigenvalue weighted by Crippen LogP contribution is -2.22. The molecule has 2 heterocycles. The molecule has 142 valence electrons. The first kappa shape index (κ1) is 17.5. The number of urea groups is 1. The number of hydrogen-bond acceptors (Lipinski definition) is 7. The lowest BCUT2D eigenvalue weighted by molar-refractivity contribution is -0.120. The molecule has 1 fully saturated rings. The Hall–Kier alpha value is -3.88. The standard InChI is InChI=1S/C19H17N5O4/c1-27-13-7-11-12(8-14(13)28-2)21-17(23-16(11)20)10-5-3-9(4-6-10)15-18(25)24-19(26)22-15/h3-8,15H,1-2H3,(H2,20,21,23)(H2,22,24,25,26). The second-order valence-corrected chi connectivity index (χ2v) is 6.17. The van der Waals surface area contributed by atoms with Gasteiger partial charge in [0, 0.05) is 17.0 Å². The molecule has 9 nitrogen and oxygen atoms in total. The fourth-order valence-electron chi connectivity index (χ4n) is 3.08. The summed E-state index contributed by atoms with van der Waals surface area (Å²) in [7, 11) is 3.09. The number of nitrogens with one attached hydrogen (secondary N) is 2. The van der Waals surface area contributed by atoms with Crippen LogP contribution in [0.1, 0.15) is 11.6 Å². The number of carbonyl (C=O) groups is 2. The molecule has 0 aliphatic carbocycles. The first-order valence-electron chi connectivity index (χ1n) is 8.41. The quantitative estimate of drug-likeness (QED) is 0.589. The van der Waals surface area contributed by atoms with Crippen LogP contribution in [0.5, 0.6) is 11.5 Å². The van der Waals surface area contributed by atoms with Crippen LogP contribution in [0, 0.1) is 0 Å². The van der Waals surface area contributed by atoms with Crippen LogP contribution in [0.4, 0.5) is 10.6 Å². The number of nitrogens with two attached hydrogens (primary N) is 1. The first-order chi connectivity index (χ1) is 13.5. The molecule has 4 rings (SSSR count). The van der Waals surface area contributed by atoms with Crippen molar-refractivity contribution in [3.8, 4) is 22.9 Å². The number of imide groups is 1. The Balaban J connectivity index is 1.72. The third kappa shape index (κ3) is 2.92. The maximum absolute atomic E-state index is 11.8.